The molecule has 0 saturated carbocycles. The molecule has 0 unspecified atom stereocenters. The predicted molar refractivity (Wildman–Crippen MR) is 128 cm³/mol. The maximum Gasteiger partial charge on any atom is 0.325 e. The van der Waals surface area contributed by atoms with Crippen molar-refractivity contribution in [3.05, 3.63) is 23.9 Å². The van der Waals surface area contributed by atoms with Gasteiger partial charge >= 0.3 is 6.03 Å². The molecule has 4 amide bonds. The lowest BCUT2D eigenvalue weighted by molar-refractivity contribution is -0.134. The molecular formula is C25H37N5O4. The van der Waals surface area contributed by atoms with Gasteiger partial charge in [0.15, 0.2) is 0 Å². The number of hydrogen-bond acceptors (Lipinski definition) is 6. The van der Waals surface area contributed by atoms with E-state index in [4.69, 9.17) is 4.74 Å². The molecule has 4 heterocycles. The number of pyridine rings is 1. The lowest BCUT2D eigenvalue weighted by Gasteiger charge is -2.41. The highest BCUT2D eigenvalue weighted by molar-refractivity contribution is 6.07. The van der Waals surface area contributed by atoms with Gasteiger partial charge in [-0.3, -0.25) is 14.5 Å². The summed E-state index contributed by atoms with van der Waals surface area (Å²) in [6.45, 7) is 4.65. The summed E-state index contributed by atoms with van der Waals surface area (Å²) >= 11 is 0. The summed E-state index contributed by atoms with van der Waals surface area (Å²) in [6.07, 6.45) is 7.46. The minimum Gasteiger partial charge on any atom is -0.480 e. The molecule has 0 aromatic carbocycles. The van der Waals surface area contributed by atoms with Crippen LogP contribution >= 0.6 is 0 Å². The van der Waals surface area contributed by atoms with Crippen molar-refractivity contribution >= 4 is 17.8 Å². The molecule has 4 rings (SSSR count). The maximum absolute atomic E-state index is 13.7. The standard InChI is InChI=1S/C25H37N5O4/c1-4-12-25(23(32)30(24(33)27-25)17-11-19-7-6-14-28(19)2)18-9-15-29(16-10-18)22(31)20-8-5-13-26-21(20)34-3/h5,8,13,18-19H,4,6-7,9-12,14-17H2,1-3H3,(H,27,33)/t19-,25+/m1/s1. The van der Waals surface area contributed by atoms with E-state index in [1.165, 1.54) is 18.4 Å². The number of nitrogens with zero attached hydrogens (tertiary/aromatic N) is 4. The Hall–Kier alpha value is -2.68. The first-order valence-electron chi connectivity index (χ1n) is 12.5. The van der Waals surface area contributed by atoms with Gasteiger partial charge in [0.25, 0.3) is 11.8 Å². The van der Waals surface area contributed by atoms with Gasteiger partial charge in [0.2, 0.25) is 5.88 Å². The van der Waals surface area contributed by atoms with Crippen LogP contribution < -0.4 is 10.1 Å². The third kappa shape index (κ3) is 4.50. The van der Waals surface area contributed by atoms with E-state index in [2.05, 4.69) is 22.2 Å². The molecular weight excluding hydrogens is 434 g/mol. The molecule has 3 fully saturated rings. The van der Waals surface area contributed by atoms with Crippen molar-refractivity contribution in [1.82, 2.24) is 25.0 Å². The van der Waals surface area contributed by atoms with E-state index in [0.29, 0.717) is 56.4 Å². The molecule has 0 radical (unpaired) electrons. The Morgan fingerprint density at radius 1 is 1.24 bits per heavy atom. The number of urea groups is 1. The zero-order valence-corrected chi connectivity index (χ0v) is 20.6. The van der Waals surface area contributed by atoms with Crippen LogP contribution in [0.4, 0.5) is 4.79 Å². The molecule has 1 aromatic rings. The van der Waals surface area contributed by atoms with Crippen LogP contribution in [0.5, 0.6) is 5.88 Å². The van der Waals surface area contributed by atoms with Crippen LogP contribution in [0, 0.1) is 5.92 Å². The Balaban J connectivity index is 1.43. The van der Waals surface area contributed by atoms with Crippen LogP contribution in [-0.2, 0) is 4.79 Å². The molecule has 0 spiro atoms. The van der Waals surface area contributed by atoms with E-state index >= 15 is 0 Å². The molecule has 3 aliphatic heterocycles. The van der Waals surface area contributed by atoms with Crippen LogP contribution in [0.1, 0.15) is 62.2 Å². The maximum atomic E-state index is 13.7. The van der Waals surface area contributed by atoms with Gasteiger partial charge in [-0.1, -0.05) is 13.3 Å². The Morgan fingerprint density at radius 3 is 2.65 bits per heavy atom. The van der Waals surface area contributed by atoms with E-state index in [1.807, 2.05) is 6.92 Å². The molecule has 186 valence electrons. The van der Waals surface area contributed by atoms with Gasteiger partial charge in [-0.2, -0.15) is 0 Å². The Bertz CT molecular complexity index is 916. The molecule has 34 heavy (non-hydrogen) atoms. The van der Waals surface area contributed by atoms with E-state index in [0.717, 1.165) is 25.8 Å². The summed E-state index contributed by atoms with van der Waals surface area (Å²) in [5.74, 6) is 0.123. The number of piperidine rings is 1. The Labute approximate surface area is 201 Å². The zero-order chi connectivity index (χ0) is 24.3. The quantitative estimate of drug-likeness (QED) is 0.586. The van der Waals surface area contributed by atoms with Crippen LogP contribution in [0.15, 0.2) is 18.3 Å². The molecule has 9 nitrogen and oxygen atoms in total. The van der Waals surface area contributed by atoms with Gasteiger partial charge in [-0.05, 0) is 70.2 Å². The number of imide groups is 1. The first-order valence-corrected chi connectivity index (χ1v) is 12.5. The fourth-order valence-electron chi connectivity index (χ4n) is 5.98. The number of methoxy groups -OCH3 is 1. The summed E-state index contributed by atoms with van der Waals surface area (Å²) in [7, 11) is 3.62. The normalized spacial score (nSPS) is 26.3. The van der Waals surface area contributed by atoms with Crippen LogP contribution in [0.25, 0.3) is 0 Å². The third-order valence-corrected chi connectivity index (χ3v) is 7.88. The predicted octanol–water partition coefficient (Wildman–Crippen LogP) is 2.52. The molecule has 9 heteroatoms. The average Bonchev–Trinajstić information content (AvgIpc) is 3.37. The number of aromatic nitrogens is 1. The lowest BCUT2D eigenvalue weighted by Crippen LogP contribution is -2.56. The fourth-order valence-corrected chi connectivity index (χ4v) is 5.98. The van der Waals surface area contributed by atoms with Crippen LogP contribution in [-0.4, -0.2) is 89.4 Å². The highest BCUT2D eigenvalue weighted by atomic mass is 16.5. The highest BCUT2D eigenvalue weighted by Crippen LogP contribution is 2.38. The van der Waals surface area contributed by atoms with E-state index in [9.17, 15) is 14.4 Å². The molecule has 0 bridgehead atoms. The number of hydrogen-bond donors (Lipinski definition) is 1. The minimum absolute atomic E-state index is 0.00268. The van der Waals surface area contributed by atoms with E-state index in [1.54, 1.807) is 23.2 Å². The number of rotatable bonds is 8. The minimum atomic E-state index is -0.867. The number of likely N-dealkylation sites (tertiary alicyclic amines) is 2. The van der Waals surface area contributed by atoms with Gasteiger partial charge in [-0.15, -0.1) is 0 Å². The second kappa shape index (κ2) is 10.3. The smallest absolute Gasteiger partial charge is 0.325 e. The SMILES string of the molecule is CCC[C@@]1(C2CCN(C(=O)c3cccnc3OC)CC2)NC(=O)N(CC[C@H]2CCCN2C)C1=O. The largest absolute Gasteiger partial charge is 0.480 e. The van der Waals surface area contributed by atoms with Crippen molar-refractivity contribution in [3.8, 4) is 5.88 Å². The Morgan fingerprint density at radius 2 is 2.00 bits per heavy atom. The van der Waals surface area contributed by atoms with Crippen molar-refractivity contribution in [3.63, 3.8) is 0 Å². The van der Waals surface area contributed by atoms with Crippen molar-refractivity contribution in [2.45, 2.75) is 63.5 Å². The third-order valence-electron chi connectivity index (χ3n) is 7.88. The monoisotopic (exact) mass is 471 g/mol. The van der Waals surface area contributed by atoms with Crippen molar-refractivity contribution in [2.75, 3.05) is 40.3 Å². The van der Waals surface area contributed by atoms with Crippen molar-refractivity contribution < 1.29 is 19.1 Å². The van der Waals surface area contributed by atoms with Crippen LogP contribution in [0.3, 0.4) is 0 Å². The average molecular weight is 472 g/mol. The summed E-state index contributed by atoms with van der Waals surface area (Å²) in [4.78, 5) is 49.4. The number of nitrogens with one attached hydrogen (secondary N) is 1. The van der Waals surface area contributed by atoms with E-state index < -0.39 is 5.54 Å². The summed E-state index contributed by atoms with van der Waals surface area (Å²) in [5.41, 5.74) is -0.422. The lowest BCUT2D eigenvalue weighted by atomic mass is 9.74. The molecule has 2 atom stereocenters. The number of ether oxygens (including phenoxy) is 1. The number of amides is 4. The van der Waals surface area contributed by atoms with Gasteiger partial charge in [0, 0.05) is 31.9 Å². The van der Waals surface area contributed by atoms with E-state index in [-0.39, 0.29) is 23.8 Å². The van der Waals surface area contributed by atoms with Crippen LogP contribution in [0.2, 0.25) is 0 Å². The highest BCUT2D eigenvalue weighted by Gasteiger charge is 2.55. The first kappa shape index (κ1) is 24.4. The van der Waals surface area contributed by atoms with Gasteiger partial charge in [-0.25, -0.2) is 9.78 Å². The second-order valence-electron chi connectivity index (χ2n) is 9.80. The van der Waals surface area contributed by atoms with Gasteiger partial charge in [0.05, 0.1) is 7.11 Å². The zero-order valence-electron chi connectivity index (χ0n) is 20.6. The summed E-state index contributed by atoms with van der Waals surface area (Å²) < 4.78 is 5.25. The van der Waals surface area contributed by atoms with Gasteiger partial charge < -0.3 is 19.9 Å². The second-order valence-corrected chi connectivity index (χ2v) is 9.80. The molecule has 0 aliphatic carbocycles. The van der Waals surface area contributed by atoms with Crippen molar-refractivity contribution in [1.29, 1.82) is 0 Å². The van der Waals surface area contributed by atoms with Gasteiger partial charge in [0.1, 0.15) is 11.1 Å². The number of carbonyl (C=O) groups is 3. The topological polar surface area (TPSA) is 95.1 Å². The molecule has 1 aromatic heterocycles. The van der Waals surface area contributed by atoms with Crippen molar-refractivity contribution in [2.24, 2.45) is 5.92 Å². The molecule has 1 N–H and O–H groups in total. The first-order chi connectivity index (χ1) is 16.4. The fraction of sp³-hybridized carbons (Fsp3) is 0.680. The number of carbonyl (C=O) groups excluding carboxylic acids is 3. The molecule has 3 saturated heterocycles. The summed E-state index contributed by atoms with van der Waals surface area (Å²) in [5, 5.41) is 3.11. The summed E-state index contributed by atoms with van der Waals surface area (Å²) in [6, 6.07) is 3.61. The molecule has 3 aliphatic rings. The Kier molecular flexibility index (Phi) is 7.40.